The van der Waals surface area contributed by atoms with Gasteiger partial charge in [0.25, 0.3) is 0 Å². The molecule has 10 aromatic carbocycles. The zero-order chi connectivity index (χ0) is 49.7. The summed E-state index contributed by atoms with van der Waals surface area (Å²) < 4.78 is 4.61. The Morgan fingerprint density at radius 1 is 0.270 bits per heavy atom. The average Bonchev–Trinajstić information content (AvgIpc) is 4.00. The number of benzene rings is 10. The van der Waals surface area contributed by atoms with Gasteiger partial charge in [0, 0.05) is 38.2 Å². The lowest BCUT2D eigenvalue weighted by atomic mass is 9.99. The van der Waals surface area contributed by atoms with E-state index in [1.165, 1.54) is 0 Å². The van der Waals surface area contributed by atoms with Gasteiger partial charge in [-0.15, -0.1) is 0 Å². The number of aromatic nitrogens is 5. The molecule has 342 valence electrons. The predicted octanol–water partition coefficient (Wildman–Crippen LogP) is 15.7. The van der Waals surface area contributed by atoms with Crippen molar-refractivity contribution in [1.82, 2.24) is 24.1 Å². The highest BCUT2D eigenvalue weighted by molar-refractivity contribution is 6.11. The number of nitriles is 3. The molecule has 0 spiro atoms. The zero-order valence-electron chi connectivity index (χ0n) is 39.5. The number of nitrogens with zero attached hydrogens (tertiary/aromatic N) is 8. The molecule has 8 nitrogen and oxygen atoms in total. The fourth-order valence-corrected chi connectivity index (χ4v) is 10.3. The van der Waals surface area contributed by atoms with Gasteiger partial charge in [-0.2, -0.15) is 15.8 Å². The largest absolute Gasteiger partial charge is 0.308 e. The number of rotatable bonds is 8. The molecule has 0 bridgehead atoms. The molecular formula is C66H38N8. The maximum absolute atomic E-state index is 9.69. The van der Waals surface area contributed by atoms with Crippen LogP contribution in [0, 0.1) is 34.0 Å². The summed E-state index contributed by atoms with van der Waals surface area (Å²) in [6.07, 6.45) is 0. The van der Waals surface area contributed by atoms with Crippen LogP contribution in [0.15, 0.2) is 231 Å². The van der Waals surface area contributed by atoms with E-state index in [0.717, 1.165) is 105 Å². The van der Waals surface area contributed by atoms with E-state index in [9.17, 15) is 15.8 Å². The van der Waals surface area contributed by atoms with Crippen LogP contribution in [-0.4, -0.2) is 24.1 Å². The van der Waals surface area contributed by atoms with Gasteiger partial charge >= 0.3 is 0 Å². The van der Waals surface area contributed by atoms with Gasteiger partial charge in [-0.25, -0.2) is 15.0 Å². The second-order valence-electron chi connectivity index (χ2n) is 18.2. The van der Waals surface area contributed by atoms with Gasteiger partial charge in [0.15, 0.2) is 17.5 Å². The first-order valence-corrected chi connectivity index (χ1v) is 24.2. The second-order valence-corrected chi connectivity index (χ2v) is 18.2. The molecule has 8 heteroatoms. The molecule has 13 aromatic rings. The minimum atomic E-state index is 0.473. The van der Waals surface area contributed by atoms with E-state index in [1.807, 2.05) is 84.9 Å². The van der Waals surface area contributed by atoms with E-state index in [1.54, 1.807) is 0 Å². The van der Waals surface area contributed by atoms with Crippen LogP contribution < -0.4 is 0 Å². The van der Waals surface area contributed by atoms with E-state index >= 15 is 0 Å². The van der Waals surface area contributed by atoms with Gasteiger partial charge in [-0.05, 0) is 124 Å². The molecule has 74 heavy (non-hydrogen) atoms. The Morgan fingerprint density at radius 2 is 0.581 bits per heavy atom. The summed E-state index contributed by atoms with van der Waals surface area (Å²) in [4.78, 5) is 16.4. The fourth-order valence-electron chi connectivity index (χ4n) is 10.3. The van der Waals surface area contributed by atoms with Crippen molar-refractivity contribution in [1.29, 1.82) is 15.8 Å². The van der Waals surface area contributed by atoms with Gasteiger partial charge in [0.05, 0.1) is 68.3 Å². The van der Waals surface area contributed by atoms with Crippen LogP contribution >= 0.6 is 0 Å². The Kier molecular flexibility index (Phi) is 10.5. The Labute approximate surface area is 425 Å². The third-order valence-corrected chi connectivity index (χ3v) is 13.9. The summed E-state index contributed by atoms with van der Waals surface area (Å²) >= 11 is 0. The number of hydrogen-bond acceptors (Lipinski definition) is 6. The molecule has 0 amide bonds. The maximum atomic E-state index is 9.69. The van der Waals surface area contributed by atoms with Crippen molar-refractivity contribution in [2.24, 2.45) is 0 Å². The Bertz CT molecular complexity index is 4160. The molecule has 13 rings (SSSR count). The zero-order valence-corrected chi connectivity index (χ0v) is 39.5. The standard InChI is InChI=1S/C66H38N8/c67-39-42-20-26-45(27-21-42)48-10-9-11-51(36-48)64-70-65(56-34-32-49(46-28-22-43(40-68)23-29-46)37-62(56)73-58-16-5-1-12-52(58)53-13-2-6-17-59(53)73)72-66(71-64)57-35-33-50(47-30-24-44(41-69)25-31-47)38-63(57)74-60-18-7-3-14-54(60)55-15-4-8-19-61(55)74/h1-38H. The number of fused-ring (bicyclic) bond motifs is 6. The van der Waals surface area contributed by atoms with E-state index in [-0.39, 0.29) is 0 Å². The Morgan fingerprint density at radius 3 is 0.946 bits per heavy atom. The van der Waals surface area contributed by atoms with Crippen molar-refractivity contribution in [3.63, 3.8) is 0 Å². The monoisotopic (exact) mass is 942 g/mol. The third-order valence-electron chi connectivity index (χ3n) is 13.9. The molecule has 0 radical (unpaired) electrons. The molecule has 3 aromatic heterocycles. The van der Waals surface area contributed by atoms with E-state index in [4.69, 9.17) is 15.0 Å². The van der Waals surface area contributed by atoms with Crippen LogP contribution in [-0.2, 0) is 0 Å². The molecule has 0 atom stereocenters. The number of para-hydroxylation sites is 4. The van der Waals surface area contributed by atoms with Crippen molar-refractivity contribution < 1.29 is 0 Å². The molecule has 0 fully saturated rings. The van der Waals surface area contributed by atoms with Gasteiger partial charge in [-0.1, -0.05) is 140 Å². The first-order valence-electron chi connectivity index (χ1n) is 24.2. The summed E-state index contributed by atoms with van der Waals surface area (Å²) in [5.41, 5.74) is 15.8. The van der Waals surface area contributed by atoms with Crippen LogP contribution in [0.2, 0.25) is 0 Å². The minimum absolute atomic E-state index is 0.473. The van der Waals surface area contributed by atoms with Crippen molar-refractivity contribution in [3.8, 4) is 97.1 Å². The van der Waals surface area contributed by atoms with Crippen LogP contribution in [0.1, 0.15) is 16.7 Å². The molecule has 0 unspecified atom stereocenters. The van der Waals surface area contributed by atoms with Gasteiger partial charge in [0.2, 0.25) is 0 Å². The van der Waals surface area contributed by atoms with Crippen molar-refractivity contribution in [3.05, 3.63) is 247 Å². The van der Waals surface area contributed by atoms with E-state index in [0.29, 0.717) is 34.2 Å². The summed E-state index contributed by atoms with van der Waals surface area (Å²) in [6, 6.07) is 84.5. The first kappa shape index (κ1) is 43.3. The quantitative estimate of drug-likeness (QED) is 0.150. The summed E-state index contributed by atoms with van der Waals surface area (Å²) in [5, 5.41) is 33.4. The van der Waals surface area contributed by atoms with Crippen molar-refractivity contribution >= 4 is 43.6 Å². The van der Waals surface area contributed by atoms with Crippen LogP contribution in [0.25, 0.3) is 123 Å². The van der Waals surface area contributed by atoms with Gasteiger partial charge in [0.1, 0.15) is 0 Å². The third kappa shape index (κ3) is 7.42. The molecule has 0 aliphatic heterocycles. The highest BCUT2D eigenvalue weighted by Gasteiger charge is 2.23. The van der Waals surface area contributed by atoms with Crippen molar-refractivity contribution in [2.75, 3.05) is 0 Å². The van der Waals surface area contributed by atoms with Crippen LogP contribution in [0.3, 0.4) is 0 Å². The molecular weight excluding hydrogens is 905 g/mol. The normalized spacial score (nSPS) is 11.2. The molecule has 3 heterocycles. The lowest BCUT2D eigenvalue weighted by Gasteiger charge is -2.18. The van der Waals surface area contributed by atoms with E-state index < -0.39 is 0 Å². The summed E-state index contributed by atoms with van der Waals surface area (Å²) in [7, 11) is 0. The van der Waals surface area contributed by atoms with E-state index in [2.05, 4.69) is 173 Å². The average molecular weight is 943 g/mol. The predicted molar refractivity (Wildman–Crippen MR) is 295 cm³/mol. The molecule has 0 saturated carbocycles. The summed E-state index contributed by atoms with van der Waals surface area (Å²) in [5.74, 6) is 1.43. The smallest absolute Gasteiger partial charge is 0.166 e. The SMILES string of the molecule is N#Cc1ccc(-c2cccc(-c3nc(-c4ccc(-c5ccc(C#N)cc5)cc4-n4c5ccccc5c5ccccc54)nc(-c4ccc(-c5ccc(C#N)cc5)cc4-n4c5ccccc5c5ccccc54)n3)c2)cc1. The van der Waals surface area contributed by atoms with Gasteiger partial charge in [-0.3, -0.25) is 0 Å². The lowest BCUT2D eigenvalue weighted by Crippen LogP contribution is -2.06. The van der Waals surface area contributed by atoms with Crippen LogP contribution in [0.4, 0.5) is 0 Å². The number of hydrogen-bond donors (Lipinski definition) is 0. The minimum Gasteiger partial charge on any atom is -0.308 e. The topological polar surface area (TPSA) is 120 Å². The highest BCUT2D eigenvalue weighted by atomic mass is 15.1. The first-order chi connectivity index (χ1) is 36.5. The van der Waals surface area contributed by atoms with Crippen molar-refractivity contribution in [2.45, 2.75) is 0 Å². The molecule has 0 aliphatic rings. The molecule has 0 aliphatic carbocycles. The fraction of sp³-hybridized carbons (Fsp3) is 0. The molecule has 0 saturated heterocycles. The second kappa shape index (κ2) is 17.9. The maximum Gasteiger partial charge on any atom is 0.166 e. The van der Waals surface area contributed by atoms with Gasteiger partial charge < -0.3 is 9.13 Å². The van der Waals surface area contributed by atoms with Crippen LogP contribution in [0.5, 0.6) is 0 Å². The lowest BCUT2D eigenvalue weighted by molar-refractivity contribution is 1.06. The Balaban J connectivity index is 1.11. The molecule has 0 N–H and O–H groups in total. The highest BCUT2D eigenvalue weighted by Crippen LogP contribution is 2.41. The summed E-state index contributed by atoms with van der Waals surface area (Å²) in [6.45, 7) is 0. The Hall–Kier alpha value is -10.7.